The summed E-state index contributed by atoms with van der Waals surface area (Å²) in [5.74, 6) is 0. The van der Waals surface area contributed by atoms with Gasteiger partial charge in [-0.05, 0) is 56.9 Å². The van der Waals surface area contributed by atoms with Gasteiger partial charge in [-0.3, -0.25) is 0 Å². The Labute approximate surface area is 125 Å². The van der Waals surface area contributed by atoms with Crippen LogP contribution in [0.1, 0.15) is 45.1 Å². The van der Waals surface area contributed by atoms with E-state index < -0.39 is 0 Å². The van der Waals surface area contributed by atoms with Crippen molar-refractivity contribution in [2.75, 3.05) is 11.4 Å². The van der Waals surface area contributed by atoms with Crippen molar-refractivity contribution in [1.29, 1.82) is 0 Å². The fraction of sp³-hybridized carbons (Fsp3) is 0.625. The van der Waals surface area contributed by atoms with Crippen LogP contribution in [0.15, 0.2) is 22.7 Å². The molecule has 1 saturated carbocycles. The smallest absolute Gasteiger partial charge is 0.0402 e. The van der Waals surface area contributed by atoms with Gasteiger partial charge in [-0.25, -0.2) is 0 Å². The van der Waals surface area contributed by atoms with E-state index in [1.807, 2.05) is 0 Å². The number of hydrogen-bond acceptors (Lipinski definition) is 2. The molecule has 1 aliphatic rings. The molecule has 0 aromatic heterocycles. The summed E-state index contributed by atoms with van der Waals surface area (Å²) in [6, 6.07) is 7.56. The Kier molecular flexibility index (Phi) is 5.28. The van der Waals surface area contributed by atoms with E-state index in [-0.39, 0.29) is 6.04 Å². The Morgan fingerprint density at radius 1 is 1.37 bits per heavy atom. The zero-order chi connectivity index (χ0) is 13.8. The number of halogens is 1. The van der Waals surface area contributed by atoms with Crippen molar-refractivity contribution < 1.29 is 0 Å². The first kappa shape index (κ1) is 14.9. The van der Waals surface area contributed by atoms with Crippen LogP contribution < -0.4 is 10.6 Å². The highest BCUT2D eigenvalue weighted by Crippen LogP contribution is 2.32. The molecule has 2 N–H and O–H groups in total. The summed E-state index contributed by atoms with van der Waals surface area (Å²) < 4.78 is 1.15. The van der Waals surface area contributed by atoms with Crippen molar-refractivity contribution in [2.24, 2.45) is 5.73 Å². The van der Waals surface area contributed by atoms with Gasteiger partial charge in [-0.2, -0.15) is 0 Å². The van der Waals surface area contributed by atoms with Crippen LogP contribution in [0, 0.1) is 0 Å². The normalized spacial score (nSPS) is 17.7. The highest BCUT2D eigenvalue weighted by Gasteiger charge is 2.23. The van der Waals surface area contributed by atoms with Gasteiger partial charge in [0.05, 0.1) is 0 Å². The molecule has 0 spiro atoms. The van der Waals surface area contributed by atoms with Gasteiger partial charge in [0.2, 0.25) is 0 Å². The summed E-state index contributed by atoms with van der Waals surface area (Å²) in [4.78, 5) is 2.58. The molecule has 0 heterocycles. The number of anilines is 1. The highest BCUT2D eigenvalue weighted by atomic mass is 79.9. The second-order valence-corrected chi connectivity index (χ2v) is 6.59. The van der Waals surface area contributed by atoms with Crippen LogP contribution in [0.3, 0.4) is 0 Å². The van der Waals surface area contributed by atoms with Crippen LogP contribution in [-0.2, 0) is 6.42 Å². The second-order valence-electron chi connectivity index (χ2n) is 5.68. The molecule has 19 heavy (non-hydrogen) atoms. The molecule has 0 aliphatic heterocycles. The maximum absolute atomic E-state index is 6.00. The fourth-order valence-corrected chi connectivity index (χ4v) is 3.59. The summed E-state index contributed by atoms with van der Waals surface area (Å²) in [6.07, 6.45) is 6.36. The molecular formula is C16H25BrN2. The summed E-state index contributed by atoms with van der Waals surface area (Å²) >= 11 is 3.58. The highest BCUT2D eigenvalue weighted by molar-refractivity contribution is 9.10. The molecule has 1 aliphatic carbocycles. The van der Waals surface area contributed by atoms with Gasteiger partial charge < -0.3 is 10.6 Å². The van der Waals surface area contributed by atoms with E-state index in [0.29, 0.717) is 0 Å². The summed E-state index contributed by atoms with van der Waals surface area (Å²) in [5, 5.41) is 0. The quantitative estimate of drug-likeness (QED) is 0.883. The number of nitrogens with two attached hydrogens (primary N) is 1. The first-order valence-corrected chi connectivity index (χ1v) is 8.21. The Balaban J connectivity index is 2.29. The molecule has 1 aromatic rings. The fourth-order valence-electron chi connectivity index (χ4n) is 3.19. The lowest BCUT2D eigenvalue weighted by molar-refractivity contribution is 0.614. The molecule has 2 rings (SSSR count). The lowest BCUT2D eigenvalue weighted by atomic mass is 10.0. The van der Waals surface area contributed by atoms with E-state index in [1.165, 1.54) is 36.9 Å². The van der Waals surface area contributed by atoms with Crippen molar-refractivity contribution in [3.63, 3.8) is 0 Å². The zero-order valence-electron chi connectivity index (χ0n) is 12.0. The van der Waals surface area contributed by atoms with Gasteiger partial charge in [-0.15, -0.1) is 0 Å². The summed E-state index contributed by atoms with van der Waals surface area (Å²) in [5.41, 5.74) is 8.76. The molecule has 2 nitrogen and oxygen atoms in total. The molecule has 106 valence electrons. The molecule has 0 saturated heterocycles. The average Bonchev–Trinajstić information content (AvgIpc) is 2.85. The maximum atomic E-state index is 6.00. The van der Waals surface area contributed by atoms with Crippen molar-refractivity contribution in [3.05, 3.63) is 28.2 Å². The second kappa shape index (κ2) is 6.76. The molecule has 1 aromatic carbocycles. The van der Waals surface area contributed by atoms with Crippen LogP contribution in [0.4, 0.5) is 5.69 Å². The lowest BCUT2D eigenvalue weighted by Crippen LogP contribution is -2.34. The van der Waals surface area contributed by atoms with E-state index in [9.17, 15) is 0 Å². The summed E-state index contributed by atoms with van der Waals surface area (Å²) in [7, 11) is 0. The van der Waals surface area contributed by atoms with Crippen LogP contribution in [-0.4, -0.2) is 18.6 Å². The van der Waals surface area contributed by atoms with Crippen molar-refractivity contribution in [3.8, 4) is 0 Å². The predicted octanol–water partition coefficient (Wildman–Crippen LogP) is 4.11. The third-order valence-electron chi connectivity index (χ3n) is 4.00. The molecular weight excluding hydrogens is 300 g/mol. The van der Waals surface area contributed by atoms with Gasteiger partial charge in [0.25, 0.3) is 0 Å². The third-order valence-corrected chi connectivity index (χ3v) is 4.49. The lowest BCUT2D eigenvalue weighted by Gasteiger charge is -2.32. The standard InChI is InChI=1S/C16H25BrN2/c1-3-19(15-6-4-5-7-15)16-9-8-14(17)11-13(16)10-12(2)18/h8-9,11-12,15H,3-7,10,18H2,1-2H3. The topological polar surface area (TPSA) is 29.3 Å². The number of nitrogens with zero attached hydrogens (tertiary/aromatic N) is 1. The number of benzene rings is 1. The van der Waals surface area contributed by atoms with Gasteiger partial charge >= 0.3 is 0 Å². The Morgan fingerprint density at radius 3 is 2.63 bits per heavy atom. The van der Waals surface area contributed by atoms with Crippen LogP contribution >= 0.6 is 15.9 Å². The van der Waals surface area contributed by atoms with Crippen molar-refractivity contribution >= 4 is 21.6 Å². The number of rotatable bonds is 5. The van der Waals surface area contributed by atoms with Crippen LogP contribution in [0.25, 0.3) is 0 Å². The minimum Gasteiger partial charge on any atom is -0.369 e. The van der Waals surface area contributed by atoms with E-state index >= 15 is 0 Å². The third kappa shape index (κ3) is 3.73. The average molecular weight is 325 g/mol. The molecule has 3 heteroatoms. The Bertz CT molecular complexity index is 411. The summed E-state index contributed by atoms with van der Waals surface area (Å²) in [6.45, 7) is 5.42. The SMILES string of the molecule is CCN(c1ccc(Br)cc1CC(C)N)C1CCCC1. The maximum Gasteiger partial charge on any atom is 0.0402 e. The zero-order valence-corrected chi connectivity index (χ0v) is 13.6. The van der Waals surface area contributed by atoms with Crippen molar-refractivity contribution in [1.82, 2.24) is 0 Å². The number of hydrogen-bond donors (Lipinski definition) is 1. The minimum absolute atomic E-state index is 0.204. The monoisotopic (exact) mass is 324 g/mol. The van der Waals surface area contributed by atoms with Crippen molar-refractivity contribution in [2.45, 2.75) is 58.0 Å². The first-order chi connectivity index (χ1) is 9.11. The largest absolute Gasteiger partial charge is 0.369 e. The molecule has 1 unspecified atom stereocenters. The van der Waals surface area contributed by atoms with Gasteiger partial charge in [0, 0.05) is 28.8 Å². The first-order valence-electron chi connectivity index (χ1n) is 7.42. The van der Waals surface area contributed by atoms with Crippen LogP contribution in [0.5, 0.6) is 0 Å². The van der Waals surface area contributed by atoms with E-state index in [1.54, 1.807) is 0 Å². The molecule has 0 radical (unpaired) electrons. The Morgan fingerprint density at radius 2 is 2.05 bits per heavy atom. The van der Waals surface area contributed by atoms with E-state index in [0.717, 1.165) is 23.5 Å². The van der Waals surface area contributed by atoms with Crippen LogP contribution in [0.2, 0.25) is 0 Å². The van der Waals surface area contributed by atoms with Gasteiger partial charge in [0.1, 0.15) is 0 Å². The molecule has 1 fully saturated rings. The van der Waals surface area contributed by atoms with Gasteiger partial charge in [-0.1, -0.05) is 28.8 Å². The van der Waals surface area contributed by atoms with E-state index in [4.69, 9.17) is 5.73 Å². The molecule has 0 amide bonds. The van der Waals surface area contributed by atoms with E-state index in [2.05, 4.69) is 52.9 Å². The molecule has 1 atom stereocenters. The Hall–Kier alpha value is -0.540. The predicted molar refractivity (Wildman–Crippen MR) is 86.8 cm³/mol. The minimum atomic E-state index is 0.204. The molecule has 0 bridgehead atoms. The van der Waals surface area contributed by atoms with Gasteiger partial charge in [0.15, 0.2) is 0 Å².